The maximum absolute atomic E-state index is 12.5. The summed E-state index contributed by atoms with van der Waals surface area (Å²) in [7, 11) is 0. The summed E-state index contributed by atoms with van der Waals surface area (Å²) in [4.78, 5) is 16.4. The number of carbonyl (C=O) groups excluding carboxylic acids is 1. The Morgan fingerprint density at radius 2 is 1.70 bits per heavy atom. The fourth-order valence-electron chi connectivity index (χ4n) is 3.23. The number of rotatable bonds is 8. The summed E-state index contributed by atoms with van der Waals surface area (Å²) in [5.41, 5.74) is 3.19. The topological polar surface area (TPSA) is 55.8 Å². The van der Waals surface area contributed by atoms with E-state index in [0.29, 0.717) is 6.54 Å². The molecule has 0 fully saturated rings. The van der Waals surface area contributed by atoms with Gasteiger partial charge in [-0.15, -0.1) is 0 Å². The molecule has 0 saturated heterocycles. The number of hydrogen-bond donors (Lipinski definition) is 2. The third kappa shape index (κ3) is 4.61. The van der Waals surface area contributed by atoms with Crippen molar-refractivity contribution in [3.8, 4) is 0 Å². The van der Waals surface area contributed by atoms with Crippen LogP contribution in [-0.2, 0) is 11.3 Å². The van der Waals surface area contributed by atoms with Crippen molar-refractivity contribution >= 4 is 17.3 Å². The van der Waals surface area contributed by atoms with Gasteiger partial charge in [-0.25, -0.2) is 0 Å². The number of anilines is 2. The van der Waals surface area contributed by atoms with E-state index in [1.54, 1.807) is 0 Å². The zero-order valence-corrected chi connectivity index (χ0v) is 15.9. The van der Waals surface area contributed by atoms with E-state index in [-0.39, 0.29) is 31.0 Å². The number of carbonyl (C=O) groups is 1. The van der Waals surface area contributed by atoms with Crippen LogP contribution in [0.15, 0.2) is 54.6 Å². The van der Waals surface area contributed by atoms with E-state index in [0.717, 1.165) is 17.8 Å². The van der Waals surface area contributed by atoms with Gasteiger partial charge in [0.25, 0.3) is 0 Å². The molecule has 5 nitrogen and oxygen atoms in total. The molecule has 3 rings (SSSR count). The Morgan fingerprint density at radius 3 is 2.33 bits per heavy atom. The predicted molar refractivity (Wildman–Crippen MR) is 108 cm³/mol. The van der Waals surface area contributed by atoms with Gasteiger partial charge in [-0.3, -0.25) is 4.79 Å². The molecule has 5 heteroatoms. The Morgan fingerprint density at radius 1 is 1.07 bits per heavy atom. The fraction of sp³-hybridized carbons (Fsp3) is 0.364. The van der Waals surface area contributed by atoms with Gasteiger partial charge in [0.2, 0.25) is 12.6 Å². The molecule has 2 atom stereocenters. The van der Waals surface area contributed by atoms with Gasteiger partial charge < -0.3 is 20.2 Å². The number of fused-ring (bicyclic) bond motifs is 1. The first-order chi connectivity index (χ1) is 13.1. The minimum atomic E-state index is -0.222. The van der Waals surface area contributed by atoms with Gasteiger partial charge in [0.05, 0.1) is 30.6 Å². The molecule has 0 aliphatic carbocycles. The third-order valence-corrected chi connectivity index (χ3v) is 5.06. The van der Waals surface area contributed by atoms with Gasteiger partial charge >= 0.3 is 0 Å². The van der Waals surface area contributed by atoms with Crippen LogP contribution < -0.4 is 15.1 Å². The minimum Gasteiger partial charge on any atom is -0.394 e. The molecule has 27 heavy (non-hydrogen) atoms. The summed E-state index contributed by atoms with van der Waals surface area (Å²) in [6, 6.07) is 18.0. The van der Waals surface area contributed by atoms with E-state index in [1.165, 1.54) is 5.56 Å². The predicted octanol–water partition coefficient (Wildman–Crippen LogP) is 3.03. The van der Waals surface area contributed by atoms with Crippen molar-refractivity contribution in [3.63, 3.8) is 0 Å². The van der Waals surface area contributed by atoms with Crippen LogP contribution in [0.1, 0.15) is 25.8 Å². The van der Waals surface area contributed by atoms with Crippen molar-refractivity contribution in [2.75, 3.05) is 23.0 Å². The van der Waals surface area contributed by atoms with Gasteiger partial charge in [0.1, 0.15) is 0 Å². The molecule has 0 bridgehead atoms. The quantitative estimate of drug-likeness (QED) is 0.755. The van der Waals surface area contributed by atoms with Crippen LogP contribution in [0.25, 0.3) is 0 Å². The Balaban J connectivity index is 1.69. The van der Waals surface area contributed by atoms with Crippen LogP contribution in [0, 0.1) is 12.6 Å². The van der Waals surface area contributed by atoms with Crippen molar-refractivity contribution in [3.05, 3.63) is 66.8 Å². The van der Waals surface area contributed by atoms with E-state index in [4.69, 9.17) is 0 Å². The summed E-state index contributed by atoms with van der Waals surface area (Å²) in [6.45, 7) is 8.22. The molecule has 2 aromatic carbocycles. The fourth-order valence-corrected chi connectivity index (χ4v) is 3.23. The lowest BCUT2D eigenvalue weighted by atomic mass is 10.00. The molecule has 1 aliphatic rings. The number of amides is 1. The zero-order chi connectivity index (χ0) is 19.2. The van der Waals surface area contributed by atoms with Crippen LogP contribution in [0.2, 0.25) is 0 Å². The van der Waals surface area contributed by atoms with Crippen LogP contribution in [-0.4, -0.2) is 30.2 Å². The number of aliphatic hydroxyl groups excluding tert-OH is 1. The van der Waals surface area contributed by atoms with E-state index in [9.17, 15) is 9.90 Å². The molecular formula is C22H27N3O2. The number of aliphatic hydroxyl groups is 1. The monoisotopic (exact) mass is 365 g/mol. The average molecular weight is 365 g/mol. The number of benzene rings is 2. The zero-order valence-electron chi connectivity index (χ0n) is 15.9. The first-order valence-corrected chi connectivity index (χ1v) is 9.47. The van der Waals surface area contributed by atoms with E-state index < -0.39 is 0 Å². The Hall–Kier alpha value is -2.53. The highest BCUT2D eigenvalue weighted by atomic mass is 16.3. The molecule has 2 aromatic rings. The number of hydrogen-bond acceptors (Lipinski definition) is 4. The second-order valence-corrected chi connectivity index (χ2v) is 6.99. The molecule has 1 aliphatic heterocycles. The molecule has 1 unspecified atom stereocenters. The molecule has 142 valence electrons. The lowest BCUT2D eigenvalue weighted by molar-refractivity contribution is -0.121. The lowest BCUT2D eigenvalue weighted by Gasteiger charge is -2.24. The van der Waals surface area contributed by atoms with Crippen LogP contribution in [0.3, 0.4) is 0 Å². The van der Waals surface area contributed by atoms with Crippen LogP contribution in [0.5, 0.6) is 0 Å². The summed E-state index contributed by atoms with van der Waals surface area (Å²) < 4.78 is 0. The Labute approximate surface area is 161 Å². The van der Waals surface area contributed by atoms with E-state index in [2.05, 4.69) is 31.0 Å². The Bertz CT molecular complexity index is 750. The first-order valence-electron chi connectivity index (χ1n) is 9.47. The van der Waals surface area contributed by atoms with Gasteiger partial charge in [0.15, 0.2) is 0 Å². The molecule has 1 heterocycles. The third-order valence-electron chi connectivity index (χ3n) is 5.06. The lowest BCUT2D eigenvalue weighted by Crippen LogP contribution is -2.46. The molecule has 0 aromatic heterocycles. The second kappa shape index (κ2) is 8.91. The molecular weight excluding hydrogens is 338 g/mol. The summed E-state index contributed by atoms with van der Waals surface area (Å²) in [6.07, 6.45) is 0.904. The number of para-hydroxylation sites is 2. The minimum absolute atomic E-state index is 0.0507. The Kier molecular flexibility index (Phi) is 6.35. The highest BCUT2D eigenvalue weighted by Gasteiger charge is 2.29. The normalized spacial score (nSPS) is 15.4. The highest BCUT2D eigenvalue weighted by molar-refractivity contribution is 5.87. The van der Waals surface area contributed by atoms with Gasteiger partial charge in [-0.05, 0) is 23.6 Å². The van der Waals surface area contributed by atoms with Crippen molar-refractivity contribution in [2.24, 2.45) is 5.92 Å². The summed E-state index contributed by atoms with van der Waals surface area (Å²) in [5, 5.41) is 12.5. The molecule has 2 N–H and O–H groups in total. The van der Waals surface area contributed by atoms with Crippen molar-refractivity contribution in [1.29, 1.82) is 0 Å². The first kappa shape index (κ1) is 19.2. The molecule has 1 amide bonds. The molecule has 2 radical (unpaired) electrons. The maximum atomic E-state index is 12.5. The molecule has 0 saturated carbocycles. The van der Waals surface area contributed by atoms with Crippen LogP contribution in [0.4, 0.5) is 11.4 Å². The second-order valence-electron chi connectivity index (χ2n) is 6.99. The van der Waals surface area contributed by atoms with Gasteiger partial charge in [-0.2, -0.15) is 0 Å². The van der Waals surface area contributed by atoms with Gasteiger partial charge in [-0.1, -0.05) is 62.7 Å². The largest absolute Gasteiger partial charge is 0.394 e. The van der Waals surface area contributed by atoms with E-state index in [1.807, 2.05) is 59.2 Å². The maximum Gasteiger partial charge on any atom is 0.239 e. The molecule has 0 spiro atoms. The summed E-state index contributed by atoms with van der Waals surface area (Å²) in [5.74, 6) is 0.116. The van der Waals surface area contributed by atoms with Crippen molar-refractivity contribution in [2.45, 2.75) is 32.9 Å². The highest BCUT2D eigenvalue weighted by Crippen LogP contribution is 2.38. The van der Waals surface area contributed by atoms with Gasteiger partial charge in [0, 0.05) is 6.54 Å². The number of nitrogens with zero attached hydrogens (tertiary/aromatic N) is 2. The van der Waals surface area contributed by atoms with Crippen molar-refractivity contribution < 1.29 is 9.90 Å². The smallest absolute Gasteiger partial charge is 0.239 e. The SMILES string of the molecule is CCC(C)[C@@H](CO)NC(=O)CN1[C]N(Cc2ccccc2)c2ccccc21. The van der Waals surface area contributed by atoms with E-state index >= 15 is 0 Å². The van der Waals surface area contributed by atoms with Crippen molar-refractivity contribution in [1.82, 2.24) is 5.32 Å². The summed E-state index contributed by atoms with van der Waals surface area (Å²) >= 11 is 0. The average Bonchev–Trinajstić information content (AvgIpc) is 3.03. The number of nitrogens with one attached hydrogen (secondary N) is 1. The van der Waals surface area contributed by atoms with Crippen LogP contribution >= 0.6 is 0 Å². The standard InChI is InChI=1S/C22H27N3O2/c1-3-17(2)19(15-26)23-22(27)14-25-16-24(13-18-9-5-4-6-10-18)20-11-7-8-12-21(20)25/h4-12,17,19,26H,3,13-15H2,1-2H3,(H,23,27)/t17?,19-/m1/s1.